The van der Waals surface area contributed by atoms with Gasteiger partial charge in [-0.05, 0) is 37.8 Å². The first-order valence-electron chi connectivity index (χ1n) is 5.51. The van der Waals surface area contributed by atoms with Crippen molar-refractivity contribution in [3.8, 4) is 0 Å². The zero-order valence-electron chi connectivity index (χ0n) is 8.90. The van der Waals surface area contributed by atoms with Crippen molar-refractivity contribution in [1.29, 1.82) is 0 Å². The molecule has 0 radical (unpaired) electrons. The van der Waals surface area contributed by atoms with E-state index in [2.05, 4.69) is 4.98 Å². The molecule has 0 amide bonds. The van der Waals surface area contributed by atoms with E-state index in [9.17, 15) is 9.18 Å². The molecule has 0 saturated heterocycles. The lowest BCUT2D eigenvalue weighted by Crippen LogP contribution is -2.20. The largest absolute Gasteiger partial charge is 0.481 e. The maximum Gasteiger partial charge on any atom is 0.306 e. The summed E-state index contributed by atoms with van der Waals surface area (Å²) in [4.78, 5) is 14.8. The number of hydrogen-bond acceptors (Lipinski definition) is 2. The Morgan fingerprint density at radius 3 is 2.50 bits per heavy atom. The fourth-order valence-corrected chi connectivity index (χ4v) is 2.26. The third-order valence-electron chi connectivity index (χ3n) is 3.24. The average molecular weight is 223 g/mol. The van der Waals surface area contributed by atoms with Gasteiger partial charge in [0.15, 0.2) is 0 Å². The summed E-state index contributed by atoms with van der Waals surface area (Å²) in [5, 5.41) is 8.87. The van der Waals surface area contributed by atoms with Crippen LogP contribution in [0.1, 0.15) is 37.3 Å². The summed E-state index contributed by atoms with van der Waals surface area (Å²) >= 11 is 0. The molecule has 1 aromatic rings. The number of halogens is 1. The number of pyridine rings is 1. The summed E-state index contributed by atoms with van der Waals surface area (Å²) in [5.41, 5.74) is 0.880. The van der Waals surface area contributed by atoms with Gasteiger partial charge in [0.2, 0.25) is 0 Å². The lowest BCUT2D eigenvalue weighted by Gasteiger charge is -2.25. The number of carboxylic acid groups (broad SMARTS) is 1. The van der Waals surface area contributed by atoms with Crippen LogP contribution < -0.4 is 0 Å². The summed E-state index contributed by atoms with van der Waals surface area (Å²) in [6.45, 7) is 0. The summed E-state index contributed by atoms with van der Waals surface area (Å²) in [7, 11) is 0. The summed E-state index contributed by atoms with van der Waals surface area (Å²) < 4.78 is 12.7. The maximum absolute atomic E-state index is 12.7. The van der Waals surface area contributed by atoms with Crippen molar-refractivity contribution in [2.45, 2.75) is 31.6 Å². The minimum Gasteiger partial charge on any atom is -0.481 e. The predicted octanol–water partition coefficient (Wildman–Crippen LogP) is 2.58. The van der Waals surface area contributed by atoms with Crippen LogP contribution in [0.2, 0.25) is 0 Å². The quantitative estimate of drug-likeness (QED) is 0.838. The number of rotatable bonds is 2. The van der Waals surface area contributed by atoms with Gasteiger partial charge in [-0.2, -0.15) is 0 Å². The zero-order chi connectivity index (χ0) is 11.5. The van der Waals surface area contributed by atoms with Crippen molar-refractivity contribution in [1.82, 2.24) is 4.98 Å². The van der Waals surface area contributed by atoms with Gasteiger partial charge in [0.1, 0.15) is 5.82 Å². The monoisotopic (exact) mass is 223 g/mol. The minimum atomic E-state index is -0.703. The Kier molecular flexibility index (Phi) is 3.17. The molecular formula is C12H14FNO2. The Bertz CT molecular complexity index is 369. The zero-order valence-corrected chi connectivity index (χ0v) is 8.90. The van der Waals surface area contributed by atoms with Gasteiger partial charge in [-0.1, -0.05) is 0 Å². The Morgan fingerprint density at radius 2 is 2.00 bits per heavy atom. The van der Waals surface area contributed by atoms with Crippen molar-refractivity contribution in [3.63, 3.8) is 0 Å². The molecule has 1 fully saturated rings. The van der Waals surface area contributed by atoms with E-state index in [4.69, 9.17) is 5.11 Å². The Morgan fingerprint density at radius 1 is 1.31 bits per heavy atom. The molecule has 0 aliphatic heterocycles. The number of hydrogen-bond donors (Lipinski definition) is 1. The highest BCUT2D eigenvalue weighted by Crippen LogP contribution is 2.34. The predicted molar refractivity (Wildman–Crippen MR) is 56.5 cm³/mol. The smallest absolute Gasteiger partial charge is 0.306 e. The van der Waals surface area contributed by atoms with Crippen molar-refractivity contribution >= 4 is 5.97 Å². The molecule has 1 aromatic heterocycles. The van der Waals surface area contributed by atoms with Gasteiger partial charge < -0.3 is 5.11 Å². The summed E-state index contributed by atoms with van der Waals surface area (Å²) in [6.07, 6.45) is 4.27. The molecule has 0 spiro atoms. The van der Waals surface area contributed by atoms with E-state index in [1.807, 2.05) is 0 Å². The minimum absolute atomic E-state index is 0.211. The van der Waals surface area contributed by atoms with Crippen LogP contribution in [0.5, 0.6) is 0 Å². The molecule has 2 rings (SSSR count). The molecule has 0 bridgehead atoms. The second-order valence-electron chi connectivity index (χ2n) is 4.29. The van der Waals surface area contributed by atoms with Crippen LogP contribution in [0.25, 0.3) is 0 Å². The normalized spacial score (nSPS) is 25.3. The Labute approximate surface area is 93.3 Å². The number of nitrogens with zero attached hydrogens (tertiary/aromatic N) is 1. The Balaban J connectivity index is 1.99. The van der Waals surface area contributed by atoms with Crippen LogP contribution in [0, 0.1) is 11.7 Å². The van der Waals surface area contributed by atoms with Crippen LogP contribution in [0.15, 0.2) is 18.3 Å². The van der Waals surface area contributed by atoms with Gasteiger partial charge in [0.05, 0.1) is 12.1 Å². The molecule has 1 aliphatic rings. The van der Waals surface area contributed by atoms with Gasteiger partial charge in [0.25, 0.3) is 0 Å². The van der Waals surface area contributed by atoms with Crippen LogP contribution in [0.4, 0.5) is 4.39 Å². The second kappa shape index (κ2) is 4.60. The molecule has 1 heterocycles. The SMILES string of the molecule is O=C(O)C1CCC(c2ccc(F)cn2)CC1. The van der Waals surface area contributed by atoms with E-state index in [0.29, 0.717) is 12.8 Å². The van der Waals surface area contributed by atoms with E-state index in [1.54, 1.807) is 6.07 Å². The lowest BCUT2D eigenvalue weighted by molar-refractivity contribution is -0.142. The fourth-order valence-electron chi connectivity index (χ4n) is 2.26. The Hall–Kier alpha value is -1.45. The van der Waals surface area contributed by atoms with Gasteiger partial charge in [-0.25, -0.2) is 4.39 Å². The maximum atomic E-state index is 12.7. The number of carbonyl (C=O) groups is 1. The molecule has 0 atom stereocenters. The van der Waals surface area contributed by atoms with Crippen LogP contribution in [-0.4, -0.2) is 16.1 Å². The summed E-state index contributed by atoms with van der Waals surface area (Å²) in [5.74, 6) is -0.957. The molecule has 4 heteroatoms. The van der Waals surface area contributed by atoms with Crippen LogP contribution in [0.3, 0.4) is 0 Å². The molecule has 1 N–H and O–H groups in total. The second-order valence-corrected chi connectivity index (χ2v) is 4.29. The van der Waals surface area contributed by atoms with Crippen molar-refractivity contribution in [3.05, 3.63) is 29.8 Å². The molecule has 86 valence electrons. The highest BCUT2D eigenvalue weighted by atomic mass is 19.1. The first kappa shape index (κ1) is 11.0. The van der Waals surface area contributed by atoms with Gasteiger partial charge >= 0.3 is 5.97 Å². The molecule has 3 nitrogen and oxygen atoms in total. The van der Waals surface area contributed by atoms with E-state index < -0.39 is 5.97 Å². The van der Waals surface area contributed by atoms with Crippen molar-refractivity contribution < 1.29 is 14.3 Å². The van der Waals surface area contributed by atoms with E-state index in [-0.39, 0.29) is 17.7 Å². The summed E-state index contributed by atoms with van der Waals surface area (Å²) in [6, 6.07) is 3.10. The number of aromatic nitrogens is 1. The topological polar surface area (TPSA) is 50.2 Å². The fraction of sp³-hybridized carbons (Fsp3) is 0.500. The molecule has 1 aliphatic carbocycles. The molecule has 16 heavy (non-hydrogen) atoms. The van der Waals surface area contributed by atoms with Crippen molar-refractivity contribution in [2.24, 2.45) is 5.92 Å². The van der Waals surface area contributed by atoms with Crippen molar-refractivity contribution in [2.75, 3.05) is 0 Å². The van der Waals surface area contributed by atoms with Crippen LogP contribution >= 0.6 is 0 Å². The number of aliphatic carboxylic acids is 1. The highest BCUT2D eigenvalue weighted by Gasteiger charge is 2.27. The molecule has 1 saturated carbocycles. The third-order valence-corrected chi connectivity index (χ3v) is 3.24. The molecule has 0 aromatic carbocycles. The molecular weight excluding hydrogens is 209 g/mol. The molecule has 0 unspecified atom stereocenters. The number of carboxylic acids is 1. The van der Waals surface area contributed by atoms with Gasteiger partial charge in [0, 0.05) is 11.6 Å². The third kappa shape index (κ3) is 2.38. The first-order valence-corrected chi connectivity index (χ1v) is 5.51. The van der Waals surface area contributed by atoms with E-state index >= 15 is 0 Å². The van der Waals surface area contributed by atoms with Crippen LogP contribution in [-0.2, 0) is 4.79 Å². The van der Waals surface area contributed by atoms with E-state index in [1.165, 1.54) is 12.3 Å². The van der Waals surface area contributed by atoms with E-state index in [0.717, 1.165) is 18.5 Å². The lowest BCUT2D eigenvalue weighted by atomic mass is 9.80. The van der Waals surface area contributed by atoms with Gasteiger partial charge in [-0.3, -0.25) is 9.78 Å². The average Bonchev–Trinajstić information content (AvgIpc) is 2.30. The standard InChI is InChI=1S/C12H14FNO2/c13-10-5-6-11(14-7-10)8-1-3-9(4-2-8)12(15)16/h5-9H,1-4H2,(H,15,16). The highest BCUT2D eigenvalue weighted by molar-refractivity contribution is 5.70. The van der Waals surface area contributed by atoms with Gasteiger partial charge in [-0.15, -0.1) is 0 Å². The first-order chi connectivity index (χ1) is 7.66.